The van der Waals surface area contributed by atoms with Crippen molar-refractivity contribution in [2.75, 3.05) is 6.61 Å². The Kier molecular flexibility index (Phi) is 3.84. The van der Waals surface area contributed by atoms with Gasteiger partial charge >= 0.3 is 11.9 Å². The van der Waals surface area contributed by atoms with Crippen molar-refractivity contribution in [2.24, 2.45) is 0 Å². The van der Waals surface area contributed by atoms with Gasteiger partial charge in [-0.15, -0.1) is 10.2 Å². The molecule has 2 aromatic rings. The molecule has 0 atom stereocenters. The zero-order valence-electron chi connectivity index (χ0n) is 9.31. The van der Waals surface area contributed by atoms with Gasteiger partial charge in [0, 0.05) is 5.56 Å². The minimum absolute atomic E-state index is 0.177. The lowest BCUT2D eigenvalue weighted by atomic mass is 10.2. The van der Waals surface area contributed by atoms with E-state index in [4.69, 9.17) is 32.4 Å². The van der Waals surface area contributed by atoms with E-state index in [9.17, 15) is 4.79 Å². The first-order valence-corrected chi connectivity index (χ1v) is 5.83. The van der Waals surface area contributed by atoms with E-state index < -0.39 is 5.97 Å². The van der Waals surface area contributed by atoms with E-state index in [1.807, 2.05) is 0 Å². The number of benzene rings is 1. The first-order valence-electron chi connectivity index (χ1n) is 5.08. The van der Waals surface area contributed by atoms with Crippen molar-refractivity contribution >= 4 is 29.2 Å². The molecule has 1 aromatic heterocycles. The number of rotatable bonds is 3. The molecule has 18 heavy (non-hydrogen) atoms. The number of carbonyl (C=O) groups excluding carboxylic acids is 1. The van der Waals surface area contributed by atoms with Crippen LogP contribution < -0.4 is 0 Å². The fraction of sp³-hybridized carbons (Fsp3) is 0.182. The van der Waals surface area contributed by atoms with Crippen molar-refractivity contribution in [1.82, 2.24) is 10.2 Å². The van der Waals surface area contributed by atoms with Gasteiger partial charge in [-0.05, 0) is 25.1 Å². The van der Waals surface area contributed by atoms with Crippen LogP contribution >= 0.6 is 23.2 Å². The molecule has 0 aliphatic heterocycles. The number of aromatic nitrogens is 2. The van der Waals surface area contributed by atoms with Gasteiger partial charge in [-0.25, -0.2) is 4.79 Å². The zero-order valence-corrected chi connectivity index (χ0v) is 10.8. The highest BCUT2D eigenvalue weighted by molar-refractivity contribution is 6.42. The molecule has 0 bridgehead atoms. The van der Waals surface area contributed by atoms with E-state index in [2.05, 4.69) is 10.2 Å². The van der Waals surface area contributed by atoms with E-state index in [1.165, 1.54) is 0 Å². The number of halogens is 2. The van der Waals surface area contributed by atoms with Crippen molar-refractivity contribution in [3.05, 3.63) is 34.1 Å². The molecule has 0 N–H and O–H groups in total. The lowest BCUT2D eigenvalue weighted by Gasteiger charge is -1.98. The first-order chi connectivity index (χ1) is 8.61. The summed E-state index contributed by atoms with van der Waals surface area (Å²) in [5.41, 5.74) is 0.576. The van der Waals surface area contributed by atoms with Crippen molar-refractivity contribution < 1.29 is 13.9 Å². The maximum absolute atomic E-state index is 11.3. The molecule has 0 aliphatic carbocycles. The maximum Gasteiger partial charge on any atom is 0.396 e. The Morgan fingerprint density at radius 3 is 2.78 bits per heavy atom. The van der Waals surface area contributed by atoms with Crippen LogP contribution in [0.5, 0.6) is 0 Å². The summed E-state index contributed by atoms with van der Waals surface area (Å²) in [6.07, 6.45) is 0. The summed E-state index contributed by atoms with van der Waals surface area (Å²) in [6.45, 7) is 1.93. The smallest absolute Gasteiger partial charge is 0.396 e. The second-order valence-electron chi connectivity index (χ2n) is 3.26. The Morgan fingerprint density at radius 2 is 2.11 bits per heavy atom. The predicted molar refractivity (Wildman–Crippen MR) is 65.7 cm³/mol. The number of esters is 1. The maximum atomic E-state index is 11.3. The molecule has 0 fully saturated rings. The van der Waals surface area contributed by atoms with Crippen LogP contribution in [0.25, 0.3) is 11.5 Å². The van der Waals surface area contributed by atoms with Crippen LogP contribution in [0.15, 0.2) is 22.6 Å². The summed E-state index contributed by atoms with van der Waals surface area (Å²) in [6, 6.07) is 4.84. The quantitative estimate of drug-likeness (QED) is 0.811. The normalized spacial score (nSPS) is 10.4. The Labute approximate surface area is 113 Å². The van der Waals surface area contributed by atoms with Gasteiger partial charge in [0.1, 0.15) is 0 Å². The third kappa shape index (κ3) is 2.63. The molecule has 0 unspecified atom stereocenters. The minimum atomic E-state index is -0.656. The standard InChI is InChI=1S/C11H8Cl2N2O3/c1-2-17-11(16)10-15-14-9(18-10)6-3-4-7(12)8(13)5-6/h3-5H,2H2,1H3. The molecule has 94 valence electrons. The molecule has 0 amide bonds. The van der Waals surface area contributed by atoms with Crippen LogP contribution in [-0.4, -0.2) is 22.8 Å². The summed E-state index contributed by atoms with van der Waals surface area (Å²) in [4.78, 5) is 11.3. The topological polar surface area (TPSA) is 65.2 Å². The Bertz CT molecular complexity index is 583. The number of hydrogen-bond acceptors (Lipinski definition) is 5. The monoisotopic (exact) mass is 286 g/mol. The molecule has 1 aromatic carbocycles. The summed E-state index contributed by atoms with van der Waals surface area (Å²) >= 11 is 11.7. The van der Waals surface area contributed by atoms with Gasteiger partial charge in [0.05, 0.1) is 16.7 Å². The molecule has 5 nitrogen and oxygen atoms in total. The van der Waals surface area contributed by atoms with Crippen LogP contribution in [0.3, 0.4) is 0 Å². The largest absolute Gasteiger partial charge is 0.459 e. The lowest BCUT2D eigenvalue weighted by Crippen LogP contribution is -2.04. The van der Waals surface area contributed by atoms with Crippen molar-refractivity contribution in [1.29, 1.82) is 0 Å². The zero-order chi connectivity index (χ0) is 13.1. The Morgan fingerprint density at radius 1 is 1.33 bits per heavy atom. The van der Waals surface area contributed by atoms with Gasteiger partial charge in [0.15, 0.2) is 0 Å². The second kappa shape index (κ2) is 5.37. The van der Waals surface area contributed by atoms with Gasteiger partial charge in [-0.2, -0.15) is 0 Å². The number of hydrogen-bond donors (Lipinski definition) is 0. The Balaban J connectivity index is 2.29. The minimum Gasteiger partial charge on any atom is -0.459 e. The molecule has 0 radical (unpaired) electrons. The van der Waals surface area contributed by atoms with Crippen molar-refractivity contribution in [3.8, 4) is 11.5 Å². The number of nitrogens with zero attached hydrogens (tertiary/aromatic N) is 2. The molecular formula is C11H8Cl2N2O3. The SMILES string of the molecule is CCOC(=O)c1nnc(-c2ccc(Cl)c(Cl)c2)o1. The van der Waals surface area contributed by atoms with Crippen LogP contribution in [0.4, 0.5) is 0 Å². The summed E-state index contributed by atoms with van der Waals surface area (Å²) in [5.74, 6) is -0.675. The molecule has 0 saturated heterocycles. The fourth-order valence-electron chi connectivity index (χ4n) is 1.24. The van der Waals surface area contributed by atoms with E-state index in [-0.39, 0.29) is 18.4 Å². The van der Waals surface area contributed by atoms with E-state index >= 15 is 0 Å². The Hall–Kier alpha value is -1.59. The highest BCUT2D eigenvalue weighted by Gasteiger charge is 2.17. The van der Waals surface area contributed by atoms with Crippen molar-refractivity contribution in [2.45, 2.75) is 6.92 Å². The molecule has 0 aliphatic rings. The summed E-state index contributed by atoms with van der Waals surface area (Å²) in [7, 11) is 0. The molecule has 2 rings (SSSR count). The molecular weight excluding hydrogens is 279 g/mol. The van der Waals surface area contributed by atoms with Gasteiger partial charge in [-0.3, -0.25) is 0 Å². The molecule has 0 saturated carbocycles. The third-order valence-corrected chi connectivity index (χ3v) is 2.78. The van der Waals surface area contributed by atoms with E-state index in [0.717, 1.165) is 0 Å². The lowest BCUT2D eigenvalue weighted by molar-refractivity contribution is 0.0481. The predicted octanol–water partition coefficient (Wildman–Crippen LogP) is 3.22. The molecule has 7 heteroatoms. The van der Waals surface area contributed by atoms with Crippen LogP contribution in [0, 0.1) is 0 Å². The van der Waals surface area contributed by atoms with Crippen LogP contribution in [0.2, 0.25) is 10.0 Å². The van der Waals surface area contributed by atoms with Gasteiger partial charge in [-0.1, -0.05) is 23.2 Å². The van der Waals surface area contributed by atoms with Gasteiger partial charge < -0.3 is 9.15 Å². The van der Waals surface area contributed by atoms with Crippen LogP contribution in [0.1, 0.15) is 17.6 Å². The van der Waals surface area contributed by atoms with Crippen molar-refractivity contribution in [3.63, 3.8) is 0 Å². The number of carbonyl (C=O) groups is 1. The molecule has 1 heterocycles. The fourth-order valence-corrected chi connectivity index (χ4v) is 1.54. The average Bonchev–Trinajstić information content (AvgIpc) is 2.82. The highest BCUT2D eigenvalue weighted by Crippen LogP contribution is 2.27. The third-order valence-electron chi connectivity index (χ3n) is 2.04. The highest BCUT2D eigenvalue weighted by atomic mass is 35.5. The van der Waals surface area contributed by atoms with E-state index in [1.54, 1.807) is 25.1 Å². The first kappa shape index (κ1) is 12.9. The summed E-state index contributed by atoms with van der Waals surface area (Å²) < 4.78 is 9.92. The van der Waals surface area contributed by atoms with Gasteiger partial charge in [0.2, 0.25) is 5.89 Å². The average molecular weight is 287 g/mol. The van der Waals surface area contributed by atoms with E-state index in [0.29, 0.717) is 15.6 Å². The summed E-state index contributed by atoms with van der Waals surface area (Å²) in [5, 5.41) is 8.12. The number of ether oxygens (including phenoxy) is 1. The molecule has 0 spiro atoms. The van der Waals surface area contributed by atoms with Crippen LogP contribution in [-0.2, 0) is 4.74 Å². The second-order valence-corrected chi connectivity index (χ2v) is 4.08. The van der Waals surface area contributed by atoms with Gasteiger partial charge in [0.25, 0.3) is 0 Å².